The molecule has 0 bridgehead atoms. The van der Waals surface area contributed by atoms with Crippen LogP contribution in [0.1, 0.15) is 29.5 Å². The molecule has 3 N–H and O–H groups in total. The minimum absolute atomic E-state index is 0.720. The van der Waals surface area contributed by atoms with Crippen molar-refractivity contribution in [3.05, 3.63) is 89.8 Å². The SMILES string of the molecule is C=C/C=C1/C=C(c2cccnc2)SC1(N)Nc1ccc2c(c1)CCCC2. The van der Waals surface area contributed by atoms with Crippen molar-refractivity contribution in [3.8, 4) is 0 Å². The highest BCUT2D eigenvalue weighted by Crippen LogP contribution is 2.47. The molecule has 2 aliphatic rings. The topological polar surface area (TPSA) is 50.9 Å². The van der Waals surface area contributed by atoms with E-state index in [9.17, 15) is 0 Å². The molecule has 0 spiro atoms. The van der Waals surface area contributed by atoms with Gasteiger partial charge in [-0.1, -0.05) is 42.6 Å². The molecule has 1 aliphatic carbocycles. The lowest BCUT2D eigenvalue weighted by atomic mass is 9.91. The molecule has 0 saturated heterocycles. The van der Waals surface area contributed by atoms with Crippen molar-refractivity contribution in [2.45, 2.75) is 30.7 Å². The molecular formula is C22H23N3S. The Balaban J connectivity index is 1.63. The summed E-state index contributed by atoms with van der Waals surface area (Å²) < 4.78 is 0. The summed E-state index contributed by atoms with van der Waals surface area (Å²) in [6, 6.07) is 10.7. The van der Waals surface area contributed by atoms with Gasteiger partial charge in [0, 0.05) is 34.1 Å². The Morgan fingerprint density at radius 2 is 2.04 bits per heavy atom. The van der Waals surface area contributed by atoms with Crippen LogP contribution in [0.25, 0.3) is 4.91 Å². The third-order valence-electron chi connectivity index (χ3n) is 4.91. The maximum absolute atomic E-state index is 6.79. The first-order valence-corrected chi connectivity index (χ1v) is 9.83. The number of thioether (sulfide) groups is 1. The fraction of sp³-hybridized carbons (Fsp3) is 0.227. The largest absolute Gasteiger partial charge is 0.355 e. The predicted molar refractivity (Wildman–Crippen MR) is 112 cm³/mol. The molecule has 0 saturated carbocycles. The maximum Gasteiger partial charge on any atom is 0.165 e. The van der Waals surface area contributed by atoms with Gasteiger partial charge in [-0.25, -0.2) is 0 Å². The summed E-state index contributed by atoms with van der Waals surface area (Å²) in [6.07, 6.45) is 14.4. The number of anilines is 1. The number of pyridine rings is 1. The monoisotopic (exact) mass is 361 g/mol. The van der Waals surface area contributed by atoms with Crippen LogP contribution in [0.4, 0.5) is 5.69 Å². The first-order chi connectivity index (χ1) is 12.7. The second-order valence-corrected chi connectivity index (χ2v) is 8.05. The van der Waals surface area contributed by atoms with E-state index in [1.54, 1.807) is 24.0 Å². The summed E-state index contributed by atoms with van der Waals surface area (Å²) in [6.45, 7) is 3.84. The van der Waals surface area contributed by atoms with Crippen molar-refractivity contribution in [1.29, 1.82) is 0 Å². The Morgan fingerprint density at radius 1 is 1.19 bits per heavy atom. The molecule has 26 heavy (non-hydrogen) atoms. The van der Waals surface area contributed by atoms with E-state index in [4.69, 9.17) is 5.73 Å². The molecule has 1 unspecified atom stereocenters. The van der Waals surface area contributed by atoms with E-state index in [-0.39, 0.29) is 0 Å². The second kappa shape index (κ2) is 7.14. The molecule has 1 aliphatic heterocycles. The first kappa shape index (κ1) is 17.1. The molecule has 4 heteroatoms. The molecule has 1 aromatic carbocycles. The Labute approximate surface area is 159 Å². The predicted octanol–water partition coefficient (Wildman–Crippen LogP) is 4.89. The van der Waals surface area contributed by atoms with Crippen LogP contribution >= 0.6 is 11.8 Å². The normalized spacial score (nSPS) is 23.4. The maximum atomic E-state index is 6.79. The van der Waals surface area contributed by atoms with E-state index in [0.717, 1.165) is 28.1 Å². The standard InChI is InChI=1S/C22H23N3S/c1-2-6-19-14-21(18-9-5-12-24-15-18)26-22(19,23)25-20-11-10-16-7-3-4-8-17(16)13-20/h2,5-6,9-15,25H,1,3-4,7-8,23H2/b19-6-. The number of aromatic nitrogens is 1. The van der Waals surface area contributed by atoms with Gasteiger partial charge in [-0.2, -0.15) is 0 Å². The van der Waals surface area contributed by atoms with Crippen LogP contribution in [-0.2, 0) is 12.8 Å². The van der Waals surface area contributed by atoms with Crippen molar-refractivity contribution in [2.75, 3.05) is 5.32 Å². The minimum Gasteiger partial charge on any atom is -0.355 e. The van der Waals surface area contributed by atoms with E-state index in [1.807, 2.05) is 18.3 Å². The van der Waals surface area contributed by atoms with Crippen molar-refractivity contribution in [1.82, 2.24) is 4.98 Å². The van der Waals surface area contributed by atoms with Gasteiger partial charge in [0.05, 0.1) is 0 Å². The number of hydrogen-bond acceptors (Lipinski definition) is 4. The molecule has 0 fully saturated rings. The molecule has 1 atom stereocenters. The number of nitrogens with zero attached hydrogens (tertiary/aromatic N) is 1. The summed E-state index contributed by atoms with van der Waals surface area (Å²) in [7, 11) is 0. The van der Waals surface area contributed by atoms with E-state index in [2.05, 4.69) is 47.2 Å². The Bertz CT molecular complexity index is 886. The van der Waals surface area contributed by atoms with Crippen LogP contribution in [0.3, 0.4) is 0 Å². The van der Waals surface area contributed by atoms with Gasteiger partial charge >= 0.3 is 0 Å². The summed E-state index contributed by atoms with van der Waals surface area (Å²) >= 11 is 1.62. The van der Waals surface area contributed by atoms with Gasteiger partial charge in [-0.15, -0.1) is 0 Å². The number of nitrogens with one attached hydrogen (secondary N) is 1. The number of fused-ring (bicyclic) bond motifs is 1. The smallest absolute Gasteiger partial charge is 0.165 e. The van der Waals surface area contributed by atoms with E-state index < -0.39 is 4.99 Å². The Kier molecular flexibility index (Phi) is 4.70. The second-order valence-electron chi connectivity index (χ2n) is 6.76. The van der Waals surface area contributed by atoms with Gasteiger partial charge in [0.2, 0.25) is 0 Å². The molecule has 0 radical (unpaired) electrons. The lowest BCUT2D eigenvalue weighted by Crippen LogP contribution is -2.44. The summed E-state index contributed by atoms with van der Waals surface area (Å²) in [5.41, 5.74) is 12.9. The lowest BCUT2D eigenvalue weighted by molar-refractivity contribution is 0.685. The van der Waals surface area contributed by atoms with E-state index >= 15 is 0 Å². The summed E-state index contributed by atoms with van der Waals surface area (Å²) in [5, 5.41) is 3.55. The van der Waals surface area contributed by atoms with Gasteiger partial charge in [-0.3, -0.25) is 10.7 Å². The average Bonchev–Trinajstić information content (AvgIpc) is 2.99. The van der Waals surface area contributed by atoms with E-state index in [0.29, 0.717) is 0 Å². The van der Waals surface area contributed by atoms with Gasteiger partial charge in [0.25, 0.3) is 0 Å². The van der Waals surface area contributed by atoms with E-state index in [1.165, 1.54) is 30.4 Å². The lowest BCUT2D eigenvalue weighted by Gasteiger charge is -2.29. The molecule has 1 aromatic heterocycles. The fourth-order valence-electron chi connectivity index (χ4n) is 3.58. The molecule has 2 heterocycles. The highest BCUT2D eigenvalue weighted by Gasteiger charge is 2.36. The number of nitrogens with two attached hydrogens (primary N) is 1. The summed E-state index contributed by atoms with van der Waals surface area (Å²) in [5.74, 6) is 0. The van der Waals surface area contributed by atoms with Crippen LogP contribution in [0.2, 0.25) is 0 Å². The third kappa shape index (κ3) is 3.35. The zero-order valence-corrected chi connectivity index (χ0v) is 15.6. The van der Waals surface area contributed by atoms with Crippen LogP contribution in [0.5, 0.6) is 0 Å². The van der Waals surface area contributed by atoms with Crippen LogP contribution in [0, 0.1) is 0 Å². The van der Waals surface area contributed by atoms with Crippen LogP contribution < -0.4 is 11.1 Å². The highest BCUT2D eigenvalue weighted by atomic mass is 32.2. The Morgan fingerprint density at radius 3 is 2.81 bits per heavy atom. The van der Waals surface area contributed by atoms with Crippen LogP contribution in [0.15, 0.2) is 73.1 Å². The van der Waals surface area contributed by atoms with Gasteiger partial charge in [-0.05, 0) is 61.1 Å². The number of hydrogen-bond donors (Lipinski definition) is 2. The van der Waals surface area contributed by atoms with Crippen molar-refractivity contribution in [2.24, 2.45) is 5.73 Å². The average molecular weight is 362 g/mol. The quantitative estimate of drug-likeness (QED) is 0.762. The minimum atomic E-state index is -0.720. The zero-order valence-electron chi connectivity index (χ0n) is 14.7. The Hall–Kier alpha value is -2.30. The highest BCUT2D eigenvalue weighted by molar-refractivity contribution is 8.10. The van der Waals surface area contributed by atoms with Gasteiger partial charge < -0.3 is 5.32 Å². The zero-order chi connectivity index (χ0) is 18.0. The molecule has 2 aromatic rings. The molecule has 3 nitrogen and oxygen atoms in total. The van der Waals surface area contributed by atoms with Crippen LogP contribution in [-0.4, -0.2) is 9.98 Å². The van der Waals surface area contributed by atoms with Crippen molar-refractivity contribution in [3.63, 3.8) is 0 Å². The fourth-order valence-corrected chi connectivity index (χ4v) is 4.77. The van der Waals surface area contributed by atoms with Gasteiger partial charge in [0.15, 0.2) is 4.99 Å². The molecule has 4 rings (SSSR count). The van der Waals surface area contributed by atoms with Gasteiger partial charge in [0.1, 0.15) is 0 Å². The van der Waals surface area contributed by atoms with Crippen molar-refractivity contribution < 1.29 is 0 Å². The summed E-state index contributed by atoms with van der Waals surface area (Å²) in [4.78, 5) is 4.62. The molecular weight excluding hydrogens is 338 g/mol. The number of benzene rings is 1. The number of allylic oxidation sites excluding steroid dienone is 2. The van der Waals surface area contributed by atoms with Crippen molar-refractivity contribution >= 4 is 22.4 Å². The third-order valence-corrected chi connectivity index (χ3v) is 6.14. The number of rotatable bonds is 4. The molecule has 0 amide bonds. The molecule has 132 valence electrons. The number of aryl methyl sites for hydroxylation is 2. The first-order valence-electron chi connectivity index (χ1n) is 9.01.